The largest absolute Gasteiger partial charge is 0.497 e. The number of rotatable bonds is 6. The Balaban J connectivity index is 2.15. The van der Waals surface area contributed by atoms with Crippen molar-refractivity contribution >= 4 is 11.8 Å². The maximum absolute atomic E-state index is 13.0. The minimum atomic E-state index is -0.575. The fraction of sp³-hybridized carbons (Fsp3) is 0.556. The van der Waals surface area contributed by atoms with Crippen molar-refractivity contribution in [3.8, 4) is 5.75 Å². The molecule has 1 fully saturated rings. The van der Waals surface area contributed by atoms with Gasteiger partial charge in [0.05, 0.1) is 7.11 Å². The van der Waals surface area contributed by atoms with Gasteiger partial charge in [-0.1, -0.05) is 12.1 Å². The molecule has 2 rings (SSSR count). The minimum Gasteiger partial charge on any atom is -0.497 e. The second-order valence-corrected chi connectivity index (χ2v) is 6.49. The van der Waals surface area contributed by atoms with Crippen LogP contribution in [0.4, 0.5) is 0 Å². The zero-order valence-electron chi connectivity index (χ0n) is 14.6. The van der Waals surface area contributed by atoms with Gasteiger partial charge in [-0.05, 0) is 43.5 Å². The molecular formula is C18H27N3O3. The molecule has 0 saturated carbocycles. The summed E-state index contributed by atoms with van der Waals surface area (Å²) in [6.45, 7) is 4.70. The molecule has 1 aromatic carbocycles. The van der Waals surface area contributed by atoms with Crippen molar-refractivity contribution in [1.82, 2.24) is 10.2 Å². The average Bonchev–Trinajstić information content (AvgIpc) is 2.94. The topological polar surface area (TPSA) is 84.7 Å². The maximum Gasteiger partial charge on any atom is 0.245 e. The first kappa shape index (κ1) is 18.3. The van der Waals surface area contributed by atoms with Crippen LogP contribution in [0, 0.1) is 5.92 Å². The van der Waals surface area contributed by atoms with Gasteiger partial charge in [-0.3, -0.25) is 9.59 Å². The van der Waals surface area contributed by atoms with E-state index in [4.69, 9.17) is 10.5 Å². The smallest absolute Gasteiger partial charge is 0.245 e. The fourth-order valence-corrected chi connectivity index (χ4v) is 3.30. The first-order valence-corrected chi connectivity index (χ1v) is 8.35. The van der Waals surface area contributed by atoms with E-state index in [1.165, 1.54) is 6.92 Å². The van der Waals surface area contributed by atoms with Gasteiger partial charge in [0.25, 0.3) is 0 Å². The Labute approximate surface area is 143 Å². The van der Waals surface area contributed by atoms with Crippen LogP contribution in [0.15, 0.2) is 24.3 Å². The number of amides is 2. The minimum absolute atomic E-state index is 0.0449. The summed E-state index contributed by atoms with van der Waals surface area (Å²) in [5.41, 5.74) is 6.70. The summed E-state index contributed by atoms with van der Waals surface area (Å²) in [6.07, 6.45) is 1.35. The molecule has 2 amide bonds. The third-order valence-electron chi connectivity index (χ3n) is 4.53. The summed E-state index contributed by atoms with van der Waals surface area (Å²) in [5.74, 6) is 0.813. The van der Waals surface area contributed by atoms with Crippen molar-refractivity contribution in [2.75, 3.05) is 20.2 Å². The van der Waals surface area contributed by atoms with Crippen LogP contribution in [0.1, 0.15) is 25.8 Å². The van der Waals surface area contributed by atoms with E-state index in [1.807, 2.05) is 36.1 Å². The highest BCUT2D eigenvalue weighted by Crippen LogP contribution is 2.24. The molecule has 1 heterocycles. The lowest BCUT2D eigenvalue weighted by atomic mass is 10.0. The number of hydrogen-bond acceptors (Lipinski definition) is 4. The van der Waals surface area contributed by atoms with Crippen LogP contribution in [0.5, 0.6) is 5.75 Å². The predicted octanol–water partition coefficient (Wildman–Crippen LogP) is 0.938. The number of nitrogens with one attached hydrogen (secondary N) is 1. The fourth-order valence-electron chi connectivity index (χ4n) is 3.30. The van der Waals surface area contributed by atoms with Crippen LogP contribution in [0.2, 0.25) is 0 Å². The highest BCUT2D eigenvalue weighted by atomic mass is 16.5. The molecule has 1 aromatic rings. The van der Waals surface area contributed by atoms with Crippen LogP contribution in [-0.4, -0.2) is 49.0 Å². The number of nitrogens with two attached hydrogens (primary N) is 1. The second-order valence-electron chi connectivity index (χ2n) is 6.49. The molecule has 0 bridgehead atoms. The highest BCUT2D eigenvalue weighted by molar-refractivity contribution is 5.87. The normalized spacial score (nSPS) is 21.4. The number of carbonyl (C=O) groups excluding carboxylic acids is 2. The van der Waals surface area contributed by atoms with E-state index in [2.05, 4.69) is 5.32 Å². The van der Waals surface area contributed by atoms with E-state index in [1.54, 1.807) is 7.11 Å². The summed E-state index contributed by atoms with van der Waals surface area (Å²) in [7, 11) is 1.61. The predicted molar refractivity (Wildman–Crippen MR) is 92.6 cm³/mol. The zero-order valence-corrected chi connectivity index (χ0v) is 14.6. The first-order valence-electron chi connectivity index (χ1n) is 8.35. The van der Waals surface area contributed by atoms with Crippen LogP contribution in [-0.2, 0) is 16.0 Å². The summed E-state index contributed by atoms with van der Waals surface area (Å²) in [6, 6.07) is 7.12. The Morgan fingerprint density at radius 1 is 1.46 bits per heavy atom. The van der Waals surface area contributed by atoms with Crippen molar-refractivity contribution in [1.29, 1.82) is 0 Å². The molecule has 0 aliphatic carbocycles. The van der Waals surface area contributed by atoms with E-state index in [0.29, 0.717) is 25.4 Å². The standard InChI is InChI=1S/C18H27N3O3/c1-12-7-15(10-19)11-21(12)18(23)17(20-13(2)22)9-14-5-4-6-16(8-14)24-3/h4-6,8,12,15,17H,7,9-11,19H2,1-3H3,(H,20,22). The molecule has 6 nitrogen and oxygen atoms in total. The maximum atomic E-state index is 13.0. The van der Waals surface area contributed by atoms with Crippen LogP contribution in [0.3, 0.4) is 0 Å². The van der Waals surface area contributed by atoms with Gasteiger partial charge in [0, 0.05) is 25.9 Å². The Hall–Kier alpha value is -2.08. The van der Waals surface area contributed by atoms with E-state index in [9.17, 15) is 9.59 Å². The Kier molecular flexibility index (Phi) is 6.20. The van der Waals surface area contributed by atoms with Crippen LogP contribution in [0.25, 0.3) is 0 Å². The van der Waals surface area contributed by atoms with Gasteiger partial charge in [0.15, 0.2) is 0 Å². The Morgan fingerprint density at radius 2 is 2.21 bits per heavy atom. The van der Waals surface area contributed by atoms with Crippen molar-refractivity contribution in [2.24, 2.45) is 11.7 Å². The lowest BCUT2D eigenvalue weighted by molar-refractivity contribution is -0.136. The van der Waals surface area contributed by atoms with Gasteiger partial charge in [-0.25, -0.2) is 0 Å². The average molecular weight is 333 g/mol. The number of hydrogen-bond donors (Lipinski definition) is 2. The van der Waals surface area contributed by atoms with E-state index >= 15 is 0 Å². The molecule has 1 aliphatic heterocycles. The summed E-state index contributed by atoms with van der Waals surface area (Å²) >= 11 is 0. The van der Waals surface area contributed by atoms with Gasteiger partial charge in [0.2, 0.25) is 11.8 Å². The van der Waals surface area contributed by atoms with Crippen molar-refractivity contribution in [3.63, 3.8) is 0 Å². The highest BCUT2D eigenvalue weighted by Gasteiger charge is 2.35. The monoisotopic (exact) mass is 333 g/mol. The molecule has 0 radical (unpaired) electrons. The Bertz CT molecular complexity index is 591. The van der Waals surface area contributed by atoms with Crippen molar-refractivity contribution in [2.45, 2.75) is 38.8 Å². The summed E-state index contributed by atoms with van der Waals surface area (Å²) < 4.78 is 5.23. The van der Waals surface area contributed by atoms with Crippen LogP contribution >= 0.6 is 0 Å². The van der Waals surface area contributed by atoms with Gasteiger partial charge < -0.3 is 20.7 Å². The number of methoxy groups -OCH3 is 1. The van der Waals surface area contributed by atoms with Gasteiger partial charge >= 0.3 is 0 Å². The van der Waals surface area contributed by atoms with E-state index in [-0.39, 0.29) is 17.9 Å². The van der Waals surface area contributed by atoms with Gasteiger partial charge in [-0.15, -0.1) is 0 Å². The molecule has 0 aromatic heterocycles. The van der Waals surface area contributed by atoms with Crippen molar-refractivity contribution in [3.05, 3.63) is 29.8 Å². The second kappa shape index (κ2) is 8.15. The summed E-state index contributed by atoms with van der Waals surface area (Å²) in [5, 5.41) is 2.79. The third-order valence-corrected chi connectivity index (χ3v) is 4.53. The Morgan fingerprint density at radius 3 is 2.79 bits per heavy atom. The SMILES string of the molecule is COc1cccc(CC(NC(C)=O)C(=O)N2CC(CN)CC2C)c1. The number of carbonyl (C=O) groups is 2. The molecule has 6 heteroatoms. The van der Waals surface area contributed by atoms with Crippen molar-refractivity contribution < 1.29 is 14.3 Å². The number of ether oxygens (including phenoxy) is 1. The lowest BCUT2D eigenvalue weighted by Crippen LogP contribution is -2.50. The molecule has 3 N–H and O–H groups in total. The summed E-state index contributed by atoms with van der Waals surface area (Å²) in [4.78, 5) is 26.4. The first-order chi connectivity index (χ1) is 11.4. The molecular weight excluding hydrogens is 306 g/mol. The third kappa shape index (κ3) is 4.47. The zero-order chi connectivity index (χ0) is 17.7. The number of likely N-dealkylation sites (tertiary alicyclic amines) is 1. The molecule has 3 unspecified atom stereocenters. The van der Waals surface area contributed by atoms with Gasteiger partial charge in [0.1, 0.15) is 11.8 Å². The quantitative estimate of drug-likeness (QED) is 0.811. The molecule has 1 saturated heterocycles. The molecule has 0 spiro atoms. The number of nitrogens with zero attached hydrogens (tertiary/aromatic N) is 1. The lowest BCUT2D eigenvalue weighted by Gasteiger charge is -2.27. The molecule has 1 aliphatic rings. The van der Waals surface area contributed by atoms with E-state index in [0.717, 1.165) is 17.7 Å². The molecule has 132 valence electrons. The van der Waals surface area contributed by atoms with Gasteiger partial charge in [-0.2, -0.15) is 0 Å². The van der Waals surface area contributed by atoms with E-state index < -0.39 is 6.04 Å². The van der Waals surface area contributed by atoms with Crippen LogP contribution < -0.4 is 15.8 Å². The molecule has 24 heavy (non-hydrogen) atoms. The number of benzene rings is 1. The molecule has 3 atom stereocenters.